The Labute approximate surface area is 96.0 Å². The fourth-order valence-electron chi connectivity index (χ4n) is 2.88. The Morgan fingerprint density at radius 2 is 1.94 bits per heavy atom. The summed E-state index contributed by atoms with van der Waals surface area (Å²) in [5.41, 5.74) is -0.740. The van der Waals surface area contributed by atoms with E-state index in [1.54, 1.807) is 6.92 Å². The van der Waals surface area contributed by atoms with E-state index in [0.29, 0.717) is 31.1 Å². The lowest BCUT2D eigenvalue weighted by Crippen LogP contribution is -2.32. The van der Waals surface area contributed by atoms with Gasteiger partial charge in [0.15, 0.2) is 0 Å². The van der Waals surface area contributed by atoms with Gasteiger partial charge < -0.3 is 5.11 Å². The smallest absolute Gasteiger partial charge is 0.309 e. The highest BCUT2D eigenvalue weighted by Crippen LogP contribution is 2.61. The van der Waals surface area contributed by atoms with Gasteiger partial charge in [-0.05, 0) is 37.5 Å². The highest BCUT2D eigenvalue weighted by Gasteiger charge is 2.57. The molecule has 2 atom stereocenters. The Balaban J connectivity index is 2.02. The average Bonchev–Trinajstić information content (AvgIpc) is 2.84. The lowest BCUT2D eigenvalue weighted by molar-refractivity contribution is -0.149. The molecule has 0 saturated heterocycles. The molecule has 2 aliphatic carbocycles. The Morgan fingerprint density at radius 3 is 2.38 bits per heavy atom. The van der Waals surface area contributed by atoms with Crippen molar-refractivity contribution in [2.75, 3.05) is 11.5 Å². The molecule has 0 bridgehead atoms. The van der Waals surface area contributed by atoms with Crippen LogP contribution in [0.5, 0.6) is 0 Å². The van der Waals surface area contributed by atoms with E-state index >= 15 is 0 Å². The van der Waals surface area contributed by atoms with Crippen molar-refractivity contribution in [2.45, 2.75) is 32.6 Å². The topological polar surface area (TPSA) is 71.4 Å². The summed E-state index contributed by atoms with van der Waals surface area (Å²) < 4.78 is 22.8. The van der Waals surface area contributed by atoms with Crippen molar-refractivity contribution in [1.82, 2.24) is 0 Å². The highest BCUT2D eigenvalue weighted by atomic mass is 32.2. The number of hydrogen-bond donors (Lipinski definition) is 1. The van der Waals surface area contributed by atoms with E-state index < -0.39 is 21.2 Å². The molecule has 0 aromatic carbocycles. The third kappa shape index (κ3) is 2.10. The minimum absolute atomic E-state index is 0.0231. The SMILES string of the molecule is CCS(=O)(=O)CCC1(C(=O)O)CC2CC2C1. The second-order valence-corrected chi connectivity index (χ2v) is 7.71. The second-order valence-electron chi connectivity index (χ2n) is 5.24. The van der Waals surface area contributed by atoms with Gasteiger partial charge in [-0.3, -0.25) is 4.79 Å². The fourth-order valence-corrected chi connectivity index (χ4v) is 3.87. The maximum Gasteiger partial charge on any atom is 0.309 e. The number of aliphatic carboxylic acids is 1. The molecule has 0 aromatic rings. The molecule has 0 heterocycles. The number of sulfone groups is 1. The predicted molar refractivity (Wildman–Crippen MR) is 59.8 cm³/mol. The summed E-state index contributed by atoms with van der Waals surface area (Å²) >= 11 is 0. The van der Waals surface area contributed by atoms with Crippen LogP contribution in [0.4, 0.5) is 0 Å². The monoisotopic (exact) mass is 246 g/mol. The Hall–Kier alpha value is -0.580. The van der Waals surface area contributed by atoms with Gasteiger partial charge in [0.2, 0.25) is 0 Å². The lowest BCUT2D eigenvalue weighted by Gasteiger charge is -2.25. The van der Waals surface area contributed by atoms with Crippen molar-refractivity contribution in [1.29, 1.82) is 0 Å². The Bertz CT molecular complexity index is 388. The molecule has 0 spiro atoms. The molecular weight excluding hydrogens is 228 g/mol. The number of hydrogen-bond acceptors (Lipinski definition) is 3. The van der Waals surface area contributed by atoms with Crippen LogP contribution in [0.3, 0.4) is 0 Å². The molecule has 2 fully saturated rings. The average molecular weight is 246 g/mol. The zero-order valence-corrected chi connectivity index (χ0v) is 10.3. The molecule has 0 aromatic heterocycles. The van der Waals surface area contributed by atoms with Crippen LogP contribution in [-0.4, -0.2) is 31.0 Å². The first-order valence-electron chi connectivity index (χ1n) is 5.82. The summed E-state index contributed by atoms with van der Waals surface area (Å²) in [6, 6.07) is 0. The molecule has 4 nitrogen and oxygen atoms in total. The standard InChI is InChI=1S/C11H18O4S/c1-2-16(14,15)4-3-11(10(12)13)6-8-5-9(8)7-11/h8-9H,2-7H2,1H3,(H,12,13). The summed E-state index contributed by atoms with van der Waals surface area (Å²) in [6.45, 7) is 1.61. The van der Waals surface area contributed by atoms with Gasteiger partial charge in [-0.15, -0.1) is 0 Å². The molecule has 0 amide bonds. The second kappa shape index (κ2) is 3.72. The Kier molecular flexibility index (Phi) is 2.77. The zero-order chi connectivity index (χ0) is 12.0. The zero-order valence-electron chi connectivity index (χ0n) is 9.48. The minimum atomic E-state index is -3.04. The quantitative estimate of drug-likeness (QED) is 0.794. The maximum absolute atomic E-state index is 11.4. The first-order valence-corrected chi connectivity index (χ1v) is 7.64. The molecule has 2 aliphatic rings. The minimum Gasteiger partial charge on any atom is -0.481 e. The molecule has 2 saturated carbocycles. The number of rotatable bonds is 5. The molecule has 1 N–H and O–H groups in total. The van der Waals surface area contributed by atoms with Crippen LogP contribution in [0.25, 0.3) is 0 Å². The molecule has 16 heavy (non-hydrogen) atoms. The molecule has 5 heteroatoms. The van der Waals surface area contributed by atoms with Crippen LogP contribution < -0.4 is 0 Å². The van der Waals surface area contributed by atoms with E-state index in [0.717, 1.165) is 6.42 Å². The van der Waals surface area contributed by atoms with Crippen molar-refractivity contribution in [3.63, 3.8) is 0 Å². The van der Waals surface area contributed by atoms with Crippen LogP contribution >= 0.6 is 0 Å². The van der Waals surface area contributed by atoms with Gasteiger partial charge in [-0.25, -0.2) is 8.42 Å². The Morgan fingerprint density at radius 1 is 1.38 bits per heavy atom. The van der Waals surface area contributed by atoms with E-state index in [-0.39, 0.29) is 11.5 Å². The first-order chi connectivity index (χ1) is 7.38. The van der Waals surface area contributed by atoms with Gasteiger partial charge in [-0.1, -0.05) is 6.92 Å². The van der Waals surface area contributed by atoms with Crippen LogP contribution in [-0.2, 0) is 14.6 Å². The largest absolute Gasteiger partial charge is 0.481 e. The molecule has 0 aliphatic heterocycles. The van der Waals surface area contributed by atoms with Crippen molar-refractivity contribution in [2.24, 2.45) is 17.3 Å². The van der Waals surface area contributed by atoms with E-state index in [2.05, 4.69) is 0 Å². The third-order valence-electron chi connectivity index (χ3n) is 4.16. The van der Waals surface area contributed by atoms with Gasteiger partial charge in [0.1, 0.15) is 9.84 Å². The number of carboxylic acids is 1. The van der Waals surface area contributed by atoms with E-state index in [4.69, 9.17) is 0 Å². The lowest BCUT2D eigenvalue weighted by atomic mass is 9.80. The van der Waals surface area contributed by atoms with Crippen molar-refractivity contribution < 1.29 is 18.3 Å². The van der Waals surface area contributed by atoms with Gasteiger partial charge in [0.25, 0.3) is 0 Å². The van der Waals surface area contributed by atoms with Crippen LogP contribution in [0.2, 0.25) is 0 Å². The molecule has 2 rings (SSSR count). The van der Waals surface area contributed by atoms with Gasteiger partial charge in [0, 0.05) is 5.75 Å². The van der Waals surface area contributed by atoms with E-state index in [9.17, 15) is 18.3 Å². The first kappa shape index (κ1) is 11.9. The highest BCUT2D eigenvalue weighted by molar-refractivity contribution is 7.91. The summed E-state index contributed by atoms with van der Waals surface area (Å²) in [7, 11) is -3.04. The van der Waals surface area contributed by atoms with E-state index in [1.807, 2.05) is 0 Å². The molecular formula is C11H18O4S. The molecule has 0 radical (unpaired) electrons. The predicted octanol–water partition coefficient (Wildman–Crippen LogP) is 1.31. The summed E-state index contributed by atoms with van der Waals surface area (Å²) in [5.74, 6) is 0.442. The summed E-state index contributed by atoms with van der Waals surface area (Å²) in [6.07, 6.45) is 2.82. The summed E-state index contributed by atoms with van der Waals surface area (Å²) in [5, 5.41) is 9.28. The third-order valence-corrected chi connectivity index (χ3v) is 5.87. The van der Waals surface area contributed by atoms with Gasteiger partial charge in [0.05, 0.1) is 11.2 Å². The summed E-state index contributed by atoms with van der Waals surface area (Å²) in [4.78, 5) is 11.3. The van der Waals surface area contributed by atoms with Crippen LogP contribution in [0.15, 0.2) is 0 Å². The normalized spacial score (nSPS) is 37.1. The van der Waals surface area contributed by atoms with Crippen molar-refractivity contribution in [3.8, 4) is 0 Å². The van der Waals surface area contributed by atoms with Crippen molar-refractivity contribution >= 4 is 15.8 Å². The number of carbonyl (C=O) groups is 1. The van der Waals surface area contributed by atoms with Gasteiger partial charge >= 0.3 is 5.97 Å². The number of carboxylic acid groups (broad SMARTS) is 1. The fraction of sp³-hybridized carbons (Fsp3) is 0.909. The number of fused-ring (bicyclic) bond motifs is 1. The van der Waals surface area contributed by atoms with E-state index in [1.165, 1.54) is 0 Å². The van der Waals surface area contributed by atoms with Crippen LogP contribution in [0, 0.1) is 17.3 Å². The maximum atomic E-state index is 11.4. The molecule has 92 valence electrons. The molecule has 2 unspecified atom stereocenters. The van der Waals surface area contributed by atoms with Crippen molar-refractivity contribution in [3.05, 3.63) is 0 Å². The van der Waals surface area contributed by atoms with Gasteiger partial charge in [-0.2, -0.15) is 0 Å². The van der Waals surface area contributed by atoms with Crippen LogP contribution in [0.1, 0.15) is 32.6 Å².